The van der Waals surface area contributed by atoms with Gasteiger partial charge in [0.1, 0.15) is 11.6 Å². The van der Waals surface area contributed by atoms with Crippen LogP contribution in [0.1, 0.15) is 5.56 Å². The molecule has 0 saturated carbocycles. The first-order valence-electron chi connectivity index (χ1n) is 32.5. The number of hydrogen-bond acceptors (Lipinski definition) is 5. The van der Waals surface area contributed by atoms with Crippen LogP contribution in [0.4, 0.5) is 0 Å². The Labute approximate surface area is 554 Å². The molecule has 0 atom stereocenters. The molecule has 9 aromatic heterocycles. The third kappa shape index (κ3) is 8.00. The van der Waals surface area contributed by atoms with E-state index in [0.29, 0.717) is 16.9 Å². The van der Waals surface area contributed by atoms with Crippen LogP contribution < -0.4 is 0 Å². The van der Waals surface area contributed by atoms with Crippen molar-refractivity contribution in [2.45, 2.75) is 0 Å². The maximum atomic E-state index is 13.5. The number of hydrogen-bond donors (Lipinski definition) is 0. The van der Waals surface area contributed by atoms with Crippen LogP contribution in [0, 0.1) is 11.3 Å². The lowest BCUT2D eigenvalue weighted by atomic mass is 10.0. The molecule has 11 aromatic carbocycles. The van der Waals surface area contributed by atoms with Gasteiger partial charge in [0.25, 0.3) is 0 Å². The molecule has 0 fully saturated rings. The third-order valence-electron chi connectivity index (χ3n) is 19.9. The van der Waals surface area contributed by atoms with E-state index in [0.717, 1.165) is 171 Å². The summed E-state index contributed by atoms with van der Waals surface area (Å²) in [6, 6.07) is 99.3. The molecule has 0 saturated heterocycles. The Hall–Kier alpha value is -13.5. The first-order chi connectivity index (χ1) is 48.1. The van der Waals surface area contributed by atoms with Gasteiger partial charge in [0.05, 0.1) is 83.6 Å². The fourth-order valence-corrected chi connectivity index (χ4v) is 15.7. The Balaban J connectivity index is 1.10. The second-order valence-electron chi connectivity index (χ2n) is 24.9. The number of fused-ring (bicyclic) bond motifs is 15. The van der Waals surface area contributed by atoms with Crippen LogP contribution in [-0.4, -0.2) is 42.8 Å². The Bertz CT molecular complexity index is 5990. The molecule has 20 rings (SSSR count). The van der Waals surface area contributed by atoms with Crippen molar-refractivity contribution in [1.29, 1.82) is 5.26 Å². The van der Waals surface area contributed by atoms with Crippen LogP contribution >= 0.6 is 0 Å². The Morgan fingerprint density at radius 3 is 0.649 bits per heavy atom. The summed E-state index contributed by atoms with van der Waals surface area (Å²) in [5.74, 6) is 0. The topological polar surface area (TPSA) is 100 Å². The number of rotatable bonds is 9. The second kappa shape index (κ2) is 21.3. The van der Waals surface area contributed by atoms with E-state index in [-0.39, 0.29) is 0 Å². The smallest absolute Gasteiger partial charge is 0.105 e. The Kier molecular flexibility index (Phi) is 11.9. The lowest BCUT2D eigenvalue weighted by molar-refractivity contribution is 0.992. The highest BCUT2D eigenvalue weighted by Gasteiger charge is 2.37. The van der Waals surface area contributed by atoms with Crippen molar-refractivity contribution in [3.8, 4) is 79.0 Å². The summed E-state index contributed by atoms with van der Waals surface area (Å²) < 4.78 is 12.3. The second-order valence-corrected chi connectivity index (χ2v) is 24.9. The van der Waals surface area contributed by atoms with Gasteiger partial charge >= 0.3 is 0 Å². The fourth-order valence-electron chi connectivity index (χ4n) is 15.7. The van der Waals surface area contributed by atoms with Gasteiger partial charge in [-0.05, 0) is 131 Å². The Morgan fingerprint density at radius 2 is 0.423 bits per heavy atom. The maximum absolute atomic E-state index is 13.5. The number of para-hydroxylation sites is 6. The number of aromatic nitrogens is 9. The molecule has 0 spiro atoms. The molecule has 9 heterocycles. The lowest BCUT2D eigenvalue weighted by Crippen LogP contribution is -2.18. The molecule has 0 unspecified atom stereocenters. The SMILES string of the molecule is N#Cc1c(-n2c3ccccc3c3ccccc32)c(-n2c3ccc(-c4cccnc4)cc3c3cc(-c4cccnc4)ccc32)c(-n2c3ccccc3c3ccccc32)c(-n2c3ccc(-c4cccnc4)cc3c3cc(-c4cccnc4)ccc32)c1-n1c2ccccc2c2ccccc21. The standard InChI is InChI=1S/C87H52N10/c88-49-72-83(93-73-27-7-1-21-62(73)63-22-2-8-28-74(63)93)85(96-79-37-33-54(58-17-13-41-89-50-58)45-68(79)69-46-55(34-38-80(69)96)59-18-14-42-90-51-59)87(95-77-31-11-5-25-66(77)67-26-6-12-32-78(67)95)86(84(72)94-75-29-9-3-23-64(75)65-24-4-10-30-76(65)94)97-81-39-35-56(60-19-15-43-91-52-60)47-70(81)71-48-57(36-40-82(71)97)61-20-16-44-92-53-61/h1-48,50-53H. The summed E-state index contributed by atoms with van der Waals surface area (Å²) >= 11 is 0. The van der Waals surface area contributed by atoms with Crippen LogP contribution in [0.3, 0.4) is 0 Å². The summed E-state index contributed by atoms with van der Waals surface area (Å²) in [5, 5.41) is 24.0. The van der Waals surface area contributed by atoms with Gasteiger partial charge in [-0.2, -0.15) is 5.26 Å². The van der Waals surface area contributed by atoms with Crippen LogP contribution in [0.25, 0.3) is 182 Å². The molecule has 0 radical (unpaired) electrons. The van der Waals surface area contributed by atoms with Crippen LogP contribution in [0.15, 0.2) is 316 Å². The van der Waals surface area contributed by atoms with E-state index in [1.807, 2.05) is 73.8 Å². The highest BCUT2D eigenvalue weighted by atomic mass is 15.2. The molecule has 0 N–H and O–H groups in total. The molecular weight excluding hydrogens is 1190 g/mol. The minimum Gasteiger partial charge on any atom is -0.306 e. The van der Waals surface area contributed by atoms with E-state index < -0.39 is 0 Å². The zero-order valence-electron chi connectivity index (χ0n) is 52.0. The van der Waals surface area contributed by atoms with E-state index in [2.05, 4.69) is 291 Å². The quantitative estimate of drug-likeness (QED) is 0.143. The summed E-state index contributed by atoms with van der Waals surface area (Å²) in [6.07, 6.45) is 15.0. The van der Waals surface area contributed by atoms with Crippen molar-refractivity contribution in [2.75, 3.05) is 0 Å². The van der Waals surface area contributed by atoms with Crippen LogP contribution in [0.2, 0.25) is 0 Å². The van der Waals surface area contributed by atoms with Gasteiger partial charge in [0, 0.05) is 126 Å². The summed E-state index contributed by atoms with van der Waals surface area (Å²) in [5.41, 5.74) is 22.0. The van der Waals surface area contributed by atoms with E-state index in [1.165, 1.54) is 0 Å². The predicted octanol–water partition coefficient (Wildman–Crippen LogP) is 21.3. The van der Waals surface area contributed by atoms with Crippen molar-refractivity contribution >= 4 is 109 Å². The minimum absolute atomic E-state index is 0.468. The molecule has 0 bridgehead atoms. The van der Waals surface area contributed by atoms with E-state index in [1.54, 1.807) is 0 Å². The molecule has 20 aromatic rings. The normalized spacial score (nSPS) is 11.9. The number of pyridine rings is 4. The van der Waals surface area contributed by atoms with E-state index in [4.69, 9.17) is 0 Å². The molecule has 450 valence electrons. The van der Waals surface area contributed by atoms with E-state index >= 15 is 0 Å². The van der Waals surface area contributed by atoms with E-state index in [9.17, 15) is 5.26 Å². The molecule has 97 heavy (non-hydrogen) atoms. The first-order valence-corrected chi connectivity index (χ1v) is 32.5. The van der Waals surface area contributed by atoms with Gasteiger partial charge < -0.3 is 22.8 Å². The largest absolute Gasteiger partial charge is 0.306 e. The number of nitriles is 1. The van der Waals surface area contributed by atoms with Gasteiger partial charge in [0.2, 0.25) is 0 Å². The van der Waals surface area contributed by atoms with Crippen molar-refractivity contribution in [2.24, 2.45) is 0 Å². The van der Waals surface area contributed by atoms with Crippen molar-refractivity contribution < 1.29 is 0 Å². The molecule has 0 aliphatic heterocycles. The highest BCUT2D eigenvalue weighted by Crippen LogP contribution is 2.53. The monoisotopic (exact) mass is 1240 g/mol. The third-order valence-corrected chi connectivity index (χ3v) is 19.9. The zero-order chi connectivity index (χ0) is 63.8. The Morgan fingerprint density at radius 1 is 0.206 bits per heavy atom. The highest BCUT2D eigenvalue weighted by molar-refractivity contribution is 6.19. The summed E-state index contributed by atoms with van der Waals surface area (Å²) in [4.78, 5) is 18.5. The zero-order valence-corrected chi connectivity index (χ0v) is 52.0. The average molecular weight is 1240 g/mol. The maximum Gasteiger partial charge on any atom is 0.105 e. The predicted molar refractivity (Wildman–Crippen MR) is 396 cm³/mol. The van der Waals surface area contributed by atoms with Gasteiger partial charge in [-0.3, -0.25) is 19.9 Å². The van der Waals surface area contributed by atoms with Crippen LogP contribution in [0.5, 0.6) is 0 Å². The summed E-state index contributed by atoms with van der Waals surface area (Å²) in [6.45, 7) is 0. The van der Waals surface area contributed by atoms with Gasteiger partial charge in [-0.15, -0.1) is 0 Å². The summed E-state index contributed by atoms with van der Waals surface area (Å²) in [7, 11) is 0. The molecule has 0 aliphatic rings. The van der Waals surface area contributed by atoms with Gasteiger partial charge in [0.15, 0.2) is 0 Å². The minimum atomic E-state index is 0.468. The van der Waals surface area contributed by atoms with Crippen molar-refractivity contribution in [1.82, 2.24) is 42.8 Å². The lowest BCUT2D eigenvalue weighted by Gasteiger charge is -2.30. The molecule has 10 heteroatoms. The average Bonchev–Trinajstić information content (AvgIpc) is 1.57. The van der Waals surface area contributed by atoms with Crippen LogP contribution in [-0.2, 0) is 0 Å². The van der Waals surface area contributed by atoms with Crippen molar-refractivity contribution in [3.63, 3.8) is 0 Å². The number of benzene rings is 11. The molecule has 0 aliphatic carbocycles. The molecular formula is C87H52N10. The number of nitrogens with zero attached hydrogens (tertiary/aromatic N) is 10. The van der Waals surface area contributed by atoms with Gasteiger partial charge in [-0.1, -0.05) is 158 Å². The first kappa shape index (κ1) is 54.1. The molecule has 0 amide bonds. The fraction of sp³-hybridized carbons (Fsp3) is 0. The van der Waals surface area contributed by atoms with Gasteiger partial charge in [-0.25, -0.2) is 0 Å². The van der Waals surface area contributed by atoms with Crippen molar-refractivity contribution in [3.05, 3.63) is 322 Å². The molecule has 10 nitrogen and oxygen atoms in total.